The Morgan fingerprint density at radius 1 is 0.972 bits per heavy atom. The van der Waals surface area contributed by atoms with Crippen LogP contribution in [0.1, 0.15) is 45.5 Å². The third-order valence-electron chi connectivity index (χ3n) is 5.71. The number of aromatic amines is 1. The normalized spacial score (nSPS) is 11.8. The van der Waals surface area contributed by atoms with E-state index in [1.165, 1.54) is 13.0 Å². The molecule has 36 heavy (non-hydrogen) atoms. The number of ketones is 1. The van der Waals surface area contributed by atoms with Gasteiger partial charge in [-0.2, -0.15) is 5.10 Å². The lowest BCUT2D eigenvalue weighted by atomic mass is 9.94. The quantitative estimate of drug-likeness (QED) is 0.230. The summed E-state index contributed by atoms with van der Waals surface area (Å²) >= 11 is 12.2. The average molecular weight is 524 g/mol. The van der Waals surface area contributed by atoms with Crippen LogP contribution in [-0.2, 0) is 4.79 Å². The Kier molecular flexibility index (Phi) is 7.69. The second kappa shape index (κ2) is 10.9. The van der Waals surface area contributed by atoms with Gasteiger partial charge in [-0.25, -0.2) is 0 Å². The van der Waals surface area contributed by atoms with Crippen LogP contribution in [0.25, 0.3) is 10.9 Å². The van der Waals surface area contributed by atoms with Gasteiger partial charge in [-0.3, -0.25) is 19.5 Å². The maximum Gasteiger partial charge on any atom is 0.256 e. The Morgan fingerprint density at radius 2 is 1.75 bits per heavy atom. The molecule has 4 aromatic rings. The molecule has 10 heteroatoms. The fraction of sp³-hybridized carbons (Fsp3) is 0.154. The molecule has 0 aliphatic carbocycles. The summed E-state index contributed by atoms with van der Waals surface area (Å²) in [6.45, 7) is 1.74. The van der Waals surface area contributed by atoms with Crippen molar-refractivity contribution in [2.75, 3.05) is 17.2 Å². The number of H-pyrrole nitrogens is 1. The summed E-state index contributed by atoms with van der Waals surface area (Å²) in [6, 6.07) is 16.7. The Balaban J connectivity index is 1.56. The number of hydrogen-bond donors (Lipinski definition) is 4. The highest BCUT2D eigenvalue weighted by molar-refractivity contribution is 6.42. The van der Waals surface area contributed by atoms with Crippen molar-refractivity contribution >= 4 is 63.2 Å². The van der Waals surface area contributed by atoms with Crippen LogP contribution >= 0.6 is 23.2 Å². The first kappa shape index (κ1) is 25.4. The zero-order chi connectivity index (χ0) is 25.8. The van der Waals surface area contributed by atoms with E-state index in [1.54, 1.807) is 54.6 Å². The van der Waals surface area contributed by atoms with E-state index in [0.717, 1.165) is 0 Å². The van der Waals surface area contributed by atoms with Crippen molar-refractivity contribution in [1.82, 2.24) is 10.2 Å². The smallest absolute Gasteiger partial charge is 0.256 e. The number of carbonyl (C=O) groups excluding carboxylic acids is 3. The third kappa shape index (κ3) is 5.57. The van der Waals surface area contributed by atoms with Crippen LogP contribution in [0.2, 0.25) is 10.0 Å². The van der Waals surface area contributed by atoms with Crippen LogP contribution in [0, 0.1) is 0 Å². The fourth-order valence-corrected chi connectivity index (χ4v) is 4.13. The van der Waals surface area contributed by atoms with Crippen LogP contribution in [-0.4, -0.2) is 34.3 Å². The van der Waals surface area contributed by atoms with E-state index < -0.39 is 11.8 Å². The number of carbonyl (C=O) groups is 3. The van der Waals surface area contributed by atoms with E-state index in [1.807, 2.05) is 0 Å². The summed E-state index contributed by atoms with van der Waals surface area (Å²) in [4.78, 5) is 37.6. The van der Waals surface area contributed by atoms with Gasteiger partial charge in [0.15, 0.2) is 11.6 Å². The Labute approximate surface area is 217 Å². The average Bonchev–Trinajstić information content (AvgIpc) is 3.26. The number of anilines is 2. The summed E-state index contributed by atoms with van der Waals surface area (Å²) in [5.41, 5.74) is 8.42. The van der Waals surface area contributed by atoms with Gasteiger partial charge in [-0.1, -0.05) is 41.4 Å². The summed E-state index contributed by atoms with van der Waals surface area (Å²) in [5, 5.41) is 14.1. The second-order valence-corrected chi connectivity index (χ2v) is 9.03. The summed E-state index contributed by atoms with van der Waals surface area (Å²) in [5.74, 6) is -1.04. The zero-order valence-corrected chi connectivity index (χ0v) is 20.8. The van der Waals surface area contributed by atoms with Crippen LogP contribution < -0.4 is 16.4 Å². The molecule has 0 aliphatic rings. The lowest BCUT2D eigenvalue weighted by Gasteiger charge is -2.17. The topological polar surface area (TPSA) is 130 Å². The molecular weight excluding hydrogens is 501 g/mol. The lowest BCUT2D eigenvalue weighted by molar-refractivity contribution is -0.117. The van der Waals surface area contributed by atoms with Gasteiger partial charge in [0, 0.05) is 22.2 Å². The monoisotopic (exact) mass is 523 g/mol. The van der Waals surface area contributed by atoms with Crippen LogP contribution in [0.3, 0.4) is 0 Å². The number of Topliss-reactive ketones (excluding diaryl/α,β-unsaturated/α-hetero) is 1. The van der Waals surface area contributed by atoms with Gasteiger partial charge in [0.05, 0.1) is 21.5 Å². The van der Waals surface area contributed by atoms with E-state index in [0.29, 0.717) is 62.1 Å². The second-order valence-electron chi connectivity index (χ2n) is 8.22. The molecule has 0 saturated heterocycles. The van der Waals surface area contributed by atoms with Crippen LogP contribution in [0.4, 0.5) is 11.5 Å². The molecular formula is C26H23Cl2N5O3. The molecule has 2 amide bonds. The van der Waals surface area contributed by atoms with Crippen LogP contribution in [0.5, 0.6) is 0 Å². The van der Waals surface area contributed by atoms with E-state index in [2.05, 4.69) is 20.8 Å². The number of halogens is 2. The largest absolute Gasteiger partial charge is 0.330 e. The molecule has 0 spiro atoms. The molecule has 1 aromatic heterocycles. The number of fused-ring (bicyclic) bond motifs is 1. The van der Waals surface area contributed by atoms with Crippen molar-refractivity contribution in [3.05, 3.63) is 87.4 Å². The van der Waals surface area contributed by atoms with E-state index in [4.69, 9.17) is 28.9 Å². The highest BCUT2D eigenvalue weighted by atomic mass is 35.5. The number of nitrogens with two attached hydrogens (primary N) is 1. The number of benzene rings is 3. The molecule has 184 valence electrons. The molecule has 1 heterocycles. The summed E-state index contributed by atoms with van der Waals surface area (Å²) in [6.07, 6.45) is 0.415. The molecule has 0 saturated carbocycles. The van der Waals surface area contributed by atoms with Crippen LogP contribution in [0.15, 0.2) is 60.7 Å². The molecule has 4 rings (SSSR count). The van der Waals surface area contributed by atoms with Gasteiger partial charge in [-0.05, 0) is 67.9 Å². The van der Waals surface area contributed by atoms with E-state index in [-0.39, 0.29) is 11.7 Å². The highest BCUT2D eigenvalue weighted by Gasteiger charge is 2.21. The van der Waals surface area contributed by atoms with Crippen molar-refractivity contribution < 1.29 is 14.4 Å². The van der Waals surface area contributed by atoms with Crippen molar-refractivity contribution in [3.63, 3.8) is 0 Å². The summed E-state index contributed by atoms with van der Waals surface area (Å²) in [7, 11) is 0. The fourth-order valence-electron chi connectivity index (χ4n) is 3.82. The molecule has 8 nitrogen and oxygen atoms in total. The first-order chi connectivity index (χ1) is 17.3. The lowest BCUT2D eigenvalue weighted by Crippen LogP contribution is -2.23. The number of aromatic nitrogens is 2. The van der Waals surface area contributed by atoms with Gasteiger partial charge < -0.3 is 16.4 Å². The predicted octanol–water partition coefficient (Wildman–Crippen LogP) is 5.40. The minimum Gasteiger partial charge on any atom is -0.330 e. The Morgan fingerprint density at radius 3 is 2.47 bits per heavy atom. The molecule has 5 N–H and O–H groups in total. The maximum atomic E-state index is 13.1. The maximum absolute atomic E-state index is 13.1. The summed E-state index contributed by atoms with van der Waals surface area (Å²) < 4.78 is 0. The molecule has 0 radical (unpaired) electrons. The van der Waals surface area contributed by atoms with Gasteiger partial charge in [0.1, 0.15) is 0 Å². The molecule has 0 bridgehead atoms. The van der Waals surface area contributed by atoms with E-state index >= 15 is 0 Å². The number of rotatable bonds is 8. The first-order valence-corrected chi connectivity index (χ1v) is 11.9. The standard InChI is InChI=1S/C26H23Cl2N5O3/c1-14(34)15-3-2-4-17(11-15)25(35)31-24-20-13-18(6-8-23(20)32-33-24)30-26(36)19(9-10-29)16-5-7-21(27)22(28)12-16/h2-8,11-13,19H,9-10,29H2,1H3,(H,30,36)(H2,31,32,33,35). The minimum absolute atomic E-state index is 0.135. The number of amides is 2. The molecule has 0 aliphatic heterocycles. The number of hydrogen-bond acceptors (Lipinski definition) is 5. The third-order valence-corrected chi connectivity index (χ3v) is 6.45. The minimum atomic E-state index is -0.530. The van der Waals surface area contributed by atoms with Crippen molar-refractivity contribution in [3.8, 4) is 0 Å². The number of nitrogens with zero attached hydrogens (tertiary/aromatic N) is 1. The van der Waals surface area contributed by atoms with Crippen molar-refractivity contribution in [2.24, 2.45) is 5.73 Å². The molecule has 3 aromatic carbocycles. The Hall–Kier alpha value is -3.72. The molecule has 0 fully saturated rings. The van der Waals surface area contributed by atoms with Crippen molar-refractivity contribution in [1.29, 1.82) is 0 Å². The molecule has 1 atom stereocenters. The number of nitrogens with one attached hydrogen (secondary N) is 3. The molecule has 1 unspecified atom stereocenters. The zero-order valence-electron chi connectivity index (χ0n) is 19.3. The van der Waals surface area contributed by atoms with Gasteiger partial charge in [-0.15, -0.1) is 0 Å². The van der Waals surface area contributed by atoms with Gasteiger partial charge >= 0.3 is 0 Å². The SMILES string of the molecule is CC(=O)c1cccc(C(=O)Nc2n[nH]c3ccc(NC(=O)C(CCN)c4ccc(Cl)c(Cl)c4)cc23)c1. The van der Waals surface area contributed by atoms with Gasteiger partial charge in [0.25, 0.3) is 5.91 Å². The van der Waals surface area contributed by atoms with Gasteiger partial charge in [0.2, 0.25) is 5.91 Å². The predicted molar refractivity (Wildman–Crippen MR) is 142 cm³/mol. The Bertz CT molecular complexity index is 1470. The highest BCUT2D eigenvalue weighted by Crippen LogP contribution is 2.30. The van der Waals surface area contributed by atoms with E-state index in [9.17, 15) is 14.4 Å². The first-order valence-electron chi connectivity index (χ1n) is 11.1. The van der Waals surface area contributed by atoms with Crippen molar-refractivity contribution in [2.45, 2.75) is 19.3 Å².